The van der Waals surface area contributed by atoms with Gasteiger partial charge >= 0.3 is 11.9 Å². The van der Waals surface area contributed by atoms with Crippen LogP contribution in [0.2, 0.25) is 0 Å². The summed E-state index contributed by atoms with van der Waals surface area (Å²) in [7, 11) is 0. The van der Waals surface area contributed by atoms with E-state index in [0.717, 1.165) is 26.2 Å². The lowest BCUT2D eigenvalue weighted by Gasteiger charge is -2.21. The van der Waals surface area contributed by atoms with Crippen LogP contribution in [0.1, 0.15) is 0 Å². The number of carboxylic acids is 2. The van der Waals surface area contributed by atoms with Crippen molar-refractivity contribution in [1.82, 2.24) is 10.6 Å². The first-order valence-electron chi connectivity index (χ1n) is 5.88. The van der Waals surface area contributed by atoms with Crippen molar-refractivity contribution >= 4 is 11.9 Å². The van der Waals surface area contributed by atoms with E-state index in [2.05, 4.69) is 10.6 Å². The second-order valence-electron chi connectivity index (χ2n) is 4.05. The number of aliphatic carboxylic acids is 2. The van der Waals surface area contributed by atoms with Crippen LogP contribution in [0.15, 0.2) is 0 Å². The first-order chi connectivity index (χ1) is 9.29. The number of nitrogens with one attached hydrogen (secondary N) is 2. The number of carbonyl (C=O) groups is 2. The van der Waals surface area contributed by atoms with E-state index in [-0.39, 0.29) is 0 Å². The summed E-state index contributed by atoms with van der Waals surface area (Å²) in [5.41, 5.74) is 0. The number of hydrogen-bond acceptors (Lipinski definition) is 8. The van der Waals surface area contributed by atoms with E-state index >= 15 is 0 Å². The molecule has 0 spiro atoms. The second kappa shape index (κ2) is 9.58. The Bertz CT molecular complexity index is 274. The van der Waals surface area contributed by atoms with Gasteiger partial charge < -0.3 is 41.3 Å². The number of hydrogen-bond donors (Lipinski definition) is 8. The molecule has 4 atom stereocenters. The normalized spacial score (nSPS) is 20.8. The highest BCUT2D eigenvalue weighted by molar-refractivity contribution is 5.75. The third kappa shape index (κ3) is 6.75. The second-order valence-corrected chi connectivity index (χ2v) is 4.05. The minimum absolute atomic E-state index is 1.14. The molecule has 0 radical (unpaired) electrons. The fourth-order valence-electron chi connectivity index (χ4n) is 1.27. The number of aliphatic hydroxyl groups excluding tert-OH is 4. The largest absolute Gasteiger partial charge is 0.479 e. The highest BCUT2D eigenvalue weighted by Gasteiger charge is 2.37. The van der Waals surface area contributed by atoms with Crippen molar-refractivity contribution in [3.8, 4) is 0 Å². The zero-order chi connectivity index (χ0) is 15.7. The van der Waals surface area contributed by atoms with E-state index in [1.807, 2.05) is 0 Å². The first kappa shape index (κ1) is 18.7. The van der Waals surface area contributed by atoms with Crippen LogP contribution in [0.25, 0.3) is 0 Å². The number of aliphatic hydroxyl groups is 4. The average Bonchev–Trinajstić information content (AvgIpc) is 2.46. The van der Waals surface area contributed by atoms with Gasteiger partial charge in [0.2, 0.25) is 0 Å². The van der Waals surface area contributed by atoms with Crippen molar-refractivity contribution in [1.29, 1.82) is 0 Å². The summed E-state index contributed by atoms with van der Waals surface area (Å²) in [6.07, 6.45) is -9.28. The van der Waals surface area contributed by atoms with Crippen LogP contribution in [-0.2, 0) is 9.59 Å². The Hall–Kier alpha value is -1.30. The molecule has 0 aromatic heterocycles. The molecule has 1 rings (SSSR count). The molecule has 20 heavy (non-hydrogen) atoms. The van der Waals surface area contributed by atoms with E-state index in [9.17, 15) is 9.59 Å². The van der Waals surface area contributed by atoms with Crippen LogP contribution in [0.3, 0.4) is 0 Å². The van der Waals surface area contributed by atoms with Gasteiger partial charge in [0.05, 0.1) is 0 Å². The zero-order valence-electron chi connectivity index (χ0n) is 10.6. The summed E-state index contributed by atoms with van der Waals surface area (Å²) in [6.45, 7) is 4.56. The van der Waals surface area contributed by atoms with Crippen molar-refractivity contribution in [2.75, 3.05) is 26.2 Å². The molecular weight excluding hydrogens is 276 g/mol. The molecule has 4 unspecified atom stereocenters. The van der Waals surface area contributed by atoms with Crippen LogP contribution in [0, 0.1) is 0 Å². The molecule has 1 heterocycles. The van der Waals surface area contributed by atoms with Crippen molar-refractivity contribution in [3.05, 3.63) is 0 Å². The van der Waals surface area contributed by atoms with E-state index in [1.165, 1.54) is 0 Å². The van der Waals surface area contributed by atoms with Gasteiger partial charge in [-0.15, -0.1) is 0 Å². The first-order valence-corrected chi connectivity index (χ1v) is 5.88. The maximum atomic E-state index is 10.1. The molecule has 0 saturated carbocycles. The standard InChI is InChI=1S/C6H10O8.C4H10N2/c7-1(3(9)5(11)12)2(8)4(10)6(13)14;1-2-6-4-3-5-1/h1-4,7-10H,(H,11,12)(H,13,14);5-6H,1-4H2. The number of piperazine rings is 1. The van der Waals surface area contributed by atoms with Crippen LogP contribution < -0.4 is 10.6 Å². The highest BCUT2D eigenvalue weighted by Crippen LogP contribution is 2.05. The van der Waals surface area contributed by atoms with E-state index in [0.29, 0.717) is 0 Å². The molecule has 10 heteroatoms. The molecule has 8 N–H and O–H groups in total. The van der Waals surface area contributed by atoms with Gasteiger partial charge in [0.15, 0.2) is 12.2 Å². The summed E-state index contributed by atoms with van der Waals surface area (Å²) in [5.74, 6) is -3.68. The van der Waals surface area contributed by atoms with E-state index in [4.69, 9.17) is 30.6 Å². The Morgan fingerprint density at radius 3 is 1.10 bits per heavy atom. The van der Waals surface area contributed by atoms with Crippen LogP contribution in [-0.4, -0.2) is 93.2 Å². The summed E-state index contributed by atoms with van der Waals surface area (Å²) in [6, 6.07) is 0. The molecule has 0 bridgehead atoms. The van der Waals surface area contributed by atoms with Crippen molar-refractivity contribution in [2.45, 2.75) is 24.4 Å². The summed E-state index contributed by atoms with van der Waals surface area (Å²) in [4.78, 5) is 20.2. The molecule has 0 aliphatic carbocycles. The molecule has 0 aromatic rings. The van der Waals surface area contributed by atoms with Crippen molar-refractivity contribution < 1.29 is 40.2 Å². The van der Waals surface area contributed by atoms with Gasteiger partial charge in [0.1, 0.15) is 12.2 Å². The predicted molar refractivity (Wildman–Crippen MR) is 65.0 cm³/mol. The van der Waals surface area contributed by atoms with Gasteiger partial charge in [-0.3, -0.25) is 0 Å². The fraction of sp³-hybridized carbons (Fsp3) is 0.800. The molecule has 118 valence electrons. The Morgan fingerprint density at radius 2 is 0.950 bits per heavy atom. The lowest BCUT2D eigenvalue weighted by atomic mass is 10.0. The maximum Gasteiger partial charge on any atom is 0.335 e. The van der Waals surface area contributed by atoms with Crippen molar-refractivity contribution in [2.24, 2.45) is 0 Å². The van der Waals surface area contributed by atoms with E-state index in [1.54, 1.807) is 0 Å². The van der Waals surface area contributed by atoms with Gasteiger partial charge in [-0.25, -0.2) is 9.59 Å². The smallest absolute Gasteiger partial charge is 0.335 e. The Balaban J connectivity index is 0.000000493. The van der Waals surface area contributed by atoms with Crippen molar-refractivity contribution in [3.63, 3.8) is 0 Å². The minimum atomic E-state index is -2.36. The zero-order valence-corrected chi connectivity index (χ0v) is 10.6. The molecule has 1 aliphatic rings. The maximum absolute atomic E-state index is 10.1. The molecule has 1 aliphatic heterocycles. The van der Waals surface area contributed by atoms with Crippen LogP contribution in [0.4, 0.5) is 0 Å². The molecular formula is C10H20N2O8. The monoisotopic (exact) mass is 296 g/mol. The Kier molecular flexibility index (Phi) is 8.96. The third-order valence-corrected chi connectivity index (χ3v) is 2.46. The summed E-state index contributed by atoms with van der Waals surface area (Å²) >= 11 is 0. The third-order valence-electron chi connectivity index (χ3n) is 2.46. The van der Waals surface area contributed by atoms with Gasteiger partial charge in [-0.1, -0.05) is 0 Å². The Morgan fingerprint density at radius 1 is 0.700 bits per heavy atom. The predicted octanol–water partition coefficient (Wildman–Crippen LogP) is -4.22. The SMILES string of the molecule is C1CNCCN1.O=C(O)C(O)C(O)C(O)C(O)C(=O)O. The summed E-state index contributed by atoms with van der Waals surface area (Å²) < 4.78 is 0. The van der Waals surface area contributed by atoms with Crippen LogP contribution >= 0.6 is 0 Å². The molecule has 0 aromatic carbocycles. The number of carboxylic acid groups (broad SMARTS) is 2. The molecule has 1 saturated heterocycles. The topological polar surface area (TPSA) is 180 Å². The van der Waals surface area contributed by atoms with Gasteiger partial charge in [0.25, 0.3) is 0 Å². The van der Waals surface area contributed by atoms with E-state index < -0.39 is 36.4 Å². The fourth-order valence-corrected chi connectivity index (χ4v) is 1.27. The summed E-state index contributed by atoms with van der Waals surface area (Å²) in [5, 5.41) is 57.9. The lowest BCUT2D eigenvalue weighted by molar-refractivity contribution is -0.172. The quantitative estimate of drug-likeness (QED) is 0.248. The molecule has 0 amide bonds. The van der Waals surface area contributed by atoms with Gasteiger partial charge in [-0.05, 0) is 0 Å². The Labute approximate surface area is 114 Å². The van der Waals surface area contributed by atoms with Gasteiger partial charge in [-0.2, -0.15) is 0 Å². The molecule has 1 fully saturated rings. The van der Waals surface area contributed by atoms with Gasteiger partial charge in [0, 0.05) is 26.2 Å². The minimum Gasteiger partial charge on any atom is -0.479 e. The average molecular weight is 296 g/mol. The highest BCUT2D eigenvalue weighted by atomic mass is 16.4. The van der Waals surface area contributed by atoms with Crippen LogP contribution in [0.5, 0.6) is 0 Å². The molecule has 10 nitrogen and oxygen atoms in total. The lowest BCUT2D eigenvalue weighted by Crippen LogP contribution is -2.49. The number of rotatable bonds is 5.